The maximum Gasteiger partial charge on any atom is 0.238 e. The number of nitrogens with two attached hydrogens (primary N) is 1. The van der Waals surface area contributed by atoms with Crippen LogP contribution in [0.4, 0.5) is 5.69 Å². The molecule has 1 amide bonds. The van der Waals surface area contributed by atoms with Crippen LogP contribution in [-0.4, -0.2) is 34.8 Å². The number of nitrogens with zero attached hydrogens (tertiary/aromatic N) is 3. The van der Waals surface area contributed by atoms with E-state index in [2.05, 4.69) is 34.6 Å². The summed E-state index contributed by atoms with van der Waals surface area (Å²) in [5, 5.41) is 19.2. The Kier molecular flexibility index (Phi) is 8.01. The maximum atomic E-state index is 12.6. The maximum absolute atomic E-state index is 12.6. The van der Waals surface area contributed by atoms with Gasteiger partial charge < -0.3 is 5.32 Å². The number of hydrogen-bond donors (Lipinski definition) is 2. The first kappa shape index (κ1) is 25.1. The molecule has 35 heavy (non-hydrogen) atoms. The molecule has 0 aliphatic rings. The number of anilines is 1. The lowest BCUT2D eigenvalue weighted by Gasteiger charge is -2.11. The quantitative estimate of drug-likeness (QED) is 0.288. The van der Waals surface area contributed by atoms with E-state index in [0.717, 1.165) is 29.8 Å². The highest BCUT2D eigenvalue weighted by molar-refractivity contribution is 7.99. The van der Waals surface area contributed by atoms with Crippen molar-refractivity contribution in [3.63, 3.8) is 0 Å². The van der Waals surface area contributed by atoms with Crippen molar-refractivity contribution in [2.75, 3.05) is 11.1 Å². The van der Waals surface area contributed by atoms with Gasteiger partial charge in [0.25, 0.3) is 0 Å². The average molecular weight is 528 g/mol. The van der Waals surface area contributed by atoms with Crippen LogP contribution in [-0.2, 0) is 21.2 Å². The first-order valence-electron chi connectivity index (χ1n) is 11.0. The first-order chi connectivity index (χ1) is 16.8. The summed E-state index contributed by atoms with van der Waals surface area (Å²) in [5.41, 5.74) is 2.55. The number of nitrogens with one attached hydrogen (secondary N) is 1. The summed E-state index contributed by atoms with van der Waals surface area (Å²) >= 11 is 2.82. The topological polar surface area (TPSA) is 120 Å². The van der Waals surface area contributed by atoms with Gasteiger partial charge in [-0.1, -0.05) is 49.4 Å². The van der Waals surface area contributed by atoms with Crippen molar-refractivity contribution in [2.45, 2.75) is 36.2 Å². The second kappa shape index (κ2) is 11.2. The van der Waals surface area contributed by atoms with E-state index in [1.807, 2.05) is 34.2 Å². The van der Waals surface area contributed by atoms with Gasteiger partial charge >= 0.3 is 0 Å². The highest BCUT2D eigenvalue weighted by atomic mass is 32.2. The van der Waals surface area contributed by atoms with Crippen molar-refractivity contribution < 1.29 is 13.2 Å². The number of amides is 1. The largest absolute Gasteiger partial charge is 0.325 e. The summed E-state index contributed by atoms with van der Waals surface area (Å²) in [4.78, 5) is 13.5. The minimum atomic E-state index is -3.86. The van der Waals surface area contributed by atoms with Gasteiger partial charge in [0.15, 0.2) is 11.0 Å². The number of thiophene rings is 1. The van der Waals surface area contributed by atoms with Gasteiger partial charge in [0, 0.05) is 11.4 Å². The van der Waals surface area contributed by atoms with Crippen LogP contribution in [0.1, 0.15) is 25.3 Å². The van der Waals surface area contributed by atoms with Crippen LogP contribution < -0.4 is 10.5 Å². The highest BCUT2D eigenvalue weighted by Crippen LogP contribution is 2.30. The zero-order valence-corrected chi connectivity index (χ0v) is 21.5. The van der Waals surface area contributed by atoms with E-state index in [1.165, 1.54) is 35.5 Å². The molecule has 0 bridgehead atoms. The van der Waals surface area contributed by atoms with E-state index in [9.17, 15) is 13.2 Å². The van der Waals surface area contributed by atoms with Crippen LogP contribution in [0.15, 0.2) is 76.1 Å². The van der Waals surface area contributed by atoms with Crippen molar-refractivity contribution in [1.29, 1.82) is 0 Å². The molecule has 0 atom stereocenters. The van der Waals surface area contributed by atoms with Gasteiger partial charge in [0.05, 0.1) is 15.5 Å². The Morgan fingerprint density at radius 2 is 1.91 bits per heavy atom. The third-order valence-corrected chi connectivity index (χ3v) is 7.87. The van der Waals surface area contributed by atoms with E-state index in [0.29, 0.717) is 16.7 Å². The average Bonchev–Trinajstić information content (AvgIpc) is 3.51. The van der Waals surface area contributed by atoms with Crippen LogP contribution in [0.5, 0.6) is 0 Å². The summed E-state index contributed by atoms with van der Waals surface area (Å²) in [6.07, 6.45) is 3.32. The van der Waals surface area contributed by atoms with Gasteiger partial charge in [0.1, 0.15) is 0 Å². The van der Waals surface area contributed by atoms with Crippen LogP contribution in [0.25, 0.3) is 16.4 Å². The minimum absolute atomic E-state index is 0.0642. The molecule has 0 spiro atoms. The van der Waals surface area contributed by atoms with Gasteiger partial charge in [-0.3, -0.25) is 9.36 Å². The molecule has 0 saturated carbocycles. The minimum Gasteiger partial charge on any atom is -0.325 e. The number of sulfonamides is 1. The number of unbranched alkanes of at least 4 members (excludes halogenated alkanes) is 1. The van der Waals surface area contributed by atoms with E-state index in [4.69, 9.17) is 5.14 Å². The molecule has 2 heterocycles. The number of carbonyl (C=O) groups is 1. The molecule has 4 rings (SSSR count). The fraction of sp³-hybridized carbons (Fsp3) is 0.208. The van der Waals surface area contributed by atoms with E-state index >= 15 is 0 Å². The summed E-state index contributed by atoms with van der Waals surface area (Å²) < 4.78 is 25.1. The standard InChI is InChI=1S/C24H25N5O3S3/c1-2-3-6-17-10-12-19(13-11-17)29-23(21-9-5-14-33-21)27-28-24(29)34-16-22(30)26-18-7-4-8-20(15-18)35(25,31)32/h4-5,7-15H,2-3,6,16H2,1H3,(H,26,30)(H2,25,31,32). The number of aryl methyl sites for hydroxylation is 1. The number of rotatable bonds is 10. The molecule has 11 heteroatoms. The second-order valence-corrected chi connectivity index (χ2v) is 11.3. The molecule has 0 unspecified atom stereocenters. The Balaban J connectivity index is 1.53. The molecule has 182 valence electrons. The third kappa shape index (κ3) is 6.37. The van der Waals surface area contributed by atoms with Crippen LogP contribution in [0.2, 0.25) is 0 Å². The van der Waals surface area contributed by atoms with Gasteiger partial charge in [0.2, 0.25) is 15.9 Å². The van der Waals surface area contributed by atoms with Crippen molar-refractivity contribution in [2.24, 2.45) is 5.14 Å². The molecule has 3 N–H and O–H groups in total. The van der Waals surface area contributed by atoms with Crippen LogP contribution in [0.3, 0.4) is 0 Å². The van der Waals surface area contributed by atoms with E-state index in [-0.39, 0.29) is 16.6 Å². The molecule has 0 aliphatic heterocycles. The predicted octanol–water partition coefficient (Wildman–Crippen LogP) is 4.72. The Morgan fingerprint density at radius 3 is 2.60 bits per heavy atom. The summed E-state index contributed by atoms with van der Waals surface area (Å²) in [6, 6.07) is 18.1. The van der Waals surface area contributed by atoms with Crippen LogP contribution >= 0.6 is 23.1 Å². The summed E-state index contributed by atoms with van der Waals surface area (Å²) in [7, 11) is -3.86. The zero-order chi connectivity index (χ0) is 24.8. The molecule has 0 fully saturated rings. The van der Waals surface area contributed by atoms with Gasteiger partial charge in [-0.05, 0) is 60.2 Å². The van der Waals surface area contributed by atoms with Gasteiger partial charge in [-0.25, -0.2) is 13.6 Å². The predicted molar refractivity (Wildman–Crippen MR) is 140 cm³/mol. The second-order valence-electron chi connectivity index (χ2n) is 7.80. The van der Waals surface area contributed by atoms with Gasteiger partial charge in [-0.15, -0.1) is 21.5 Å². The lowest BCUT2D eigenvalue weighted by molar-refractivity contribution is -0.113. The molecule has 0 saturated heterocycles. The Bertz CT molecular complexity index is 1400. The van der Waals surface area contributed by atoms with E-state index < -0.39 is 10.0 Å². The fourth-order valence-electron chi connectivity index (χ4n) is 3.43. The Morgan fingerprint density at radius 1 is 1.11 bits per heavy atom. The highest BCUT2D eigenvalue weighted by Gasteiger charge is 2.18. The number of aromatic nitrogens is 3. The number of benzene rings is 2. The smallest absolute Gasteiger partial charge is 0.238 e. The SMILES string of the molecule is CCCCc1ccc(-n2c(SCC(=O)Nc3cccc(S(N)(=O)=O)c3)nnc2-c2cccs2)cc1. The van der Waals surface area contributed by atoms with E-state index in [1.54, 1.807) is 17.4 Å². The summed E-state index contributed by atoms with van der Waals surface area (Å²) in [6.45, 7) is 2.18. The molecular weight excluding hydrogens is 502 g/mol. The number of hydrogen-bond acceptors (Lipinski definition) is 7. The lowest BCUT2D eigenvalue weighted by atomic mass is 10.1. The van der Waals surface area contributed by atoms with Gasteiger partial charge in [-0.2, -0.15) is 0 Å². The molecule has 8 nitrogen and oxygen atoms in total. The number of primary sulfonamides is 1. The van der Waals surface area contributed by atoms with Crippen LogP contribution in [0, 0.1) is 0 Å². The molecular formula is C24H25N5O3S3. The molecule has 4 aromatic rings. The normalized spacial score (nSPS) is 11.5. The molecule has 0 aliphatic carbocycles. The molecule has 0 radical (unpaired) electrons. The first-order valence-corrected chi connectivity index (χ1v) is 14.4. The summed E-state index contributed by atoms with van der Waals surface area (Å²) in [5.74, 6) is 0.477. The Labute approximate surface area is 212 Å². The lowest BCUT2D eigenvalue weighted by Crippen LogP contribution is -2.16. The number of carbonyl (C=O) groups excluding carboxylic acids is 1. The van der Waals surface area contributed by atoms with Crippen molar-refractivity contribution in [1.82, 2.24) is 14.8 Å². The molecule has 2 aromatic carbocycles. The van der Waals surface area contributed by atoms with Crippen molar-refractivity contribution >= 4 is 44.7 Å². The fourth-order valence-corrected chi connectivity index (χ4v) is 5.44. The molecule has 2 aromatic heterocycles. The van der Waals surface area contributed by atoms with Crippen molar-refractivity contribution in [3.05, 3.63) is 71.6 Å². The Hall–Kier alpha value is -2.99. The monoisotopic (exact) mass is 527 g/mol. The third-order valence-electron chi connectivity index (χ3n) is 5.17. The number of thioether (sulfide) groups is 1. The zero-order valence-electron chi connectivity index (χ0n) is 19.0. The van der Waals surface area contributed by atoms with Crippen molar-refractivity contribution in [3.8, 4) is 16.4 Å².